The van der Waals surface area contributed by atoms with E-state index in [0.29, 0.717) is 12.0 Å². The Morgan fingerprint density at radius 3 is 2.14 bits per heavy atom. The number of hydrogen-bond acceptors (Lipinski definition) is 3. The summed E-state index contributed by atoms with van der Waals surface area (Å²) in [6, 6.07) is 17.7. The lowest BCUT2D eigenvalue weighted by Gasteiger charge is -2.10. The molecule has 0 saturated carbocycles. The van der Waals surface area contributed by atoms with Crippen molar-refractivity contribution >= 4 is 5.97 Å². The molecule has 0 fully saturated rings. The third-order valence-electron chi connectivity index (χ3n) is 3.24. The van der Waals surface area contributed by atoms with E-state index in [1.165, 1.54) is 12.1 Å². The second-order valence-corrected chi connectivity index (χ2v) is 4.62. The first kappa shape index (κ1) is 14.3. The fourth-order valence-corrected chi connectivity index (χ4v) is 2.05. The van der Waals surface area contributed by atoms with Crippen LogP contribution in [-0.2, 0) is 6.42 Å². The summed E-state index contributed by atoms with van der Waals surface area (Å²) in [7, 11) is 0. The second-order valence-electron chi connectivity index (χ2n) is 4.62. The molecule has 0 aliphatic rings. The maximum Gasteiger partial charge on any atom is 0.335 e. The highest BCUT2D eigenvalue weighted by molar-refractivity contribution is 5.87. The molecular weight excluding hydrogens is 264 g/mol. The molecule has 2 aromatic carbocycles. The molecule has 0 amide bonds. The number of carboxylic acid groups (broad SMARTS) is 1. The van der Waals surface area contributed by atoms with Crippen molar-refractivity contribution in [3.05, 3.63) is 70.8 Å². The molecule has 1 unspecified atom stereocenters. The van der Waals surface area contributed by atoms with Gasteiger partial charge < -0.3 is 5.11 Å². The molecule has 1 atom stereocenters. The maximum atomic E-state index is 10.8. The number of hydrogen-bond donors (Lipinski definition) is 1. The van der Waals surface area contributed by atoms with Gasteiger partial charge >= 0.3 is 5.97 Å². The number of rotatable bonds is 4. The minimum atomic E-state index is -0.967. The molecule has 1 N–H and O–H groups in total. The van der Waals surface area contributed by atoms with Gasteiger partial charge in [0, 0.05) is 0 Å². The summed E-state index contributed by atoms with van der Waals surface area (Å²) in [6.07, 6.45) is 0.502. The summed E-state index contributed by atoms with van der Waals surface area (Å²) in [5.74, 6) is -1.29. The predicted octanol–water partition coefficient (Wildman–Crippen LogP) is 3.11. The van der Waals surface area contributed by atoms with E-state index in [2.05, 4.69) is 6.07 Å². The Labute approximate surface area is 122 Å². The fourth-order valence-electron chi connectivity index (χ4n) is 2.05. The first-order valence-corrected chi connectivity index (χ1v) is 6.36. The third kappa shape index (κ3) is 3.46. The van der Waals surface area contributed by atoms with Crippen LogP contribution < -0.4 is 0 Å². The Kier molecular flexibility index (Phi) is 4.33. The molecule has 0 radical (unpaired) electrons. The highest BCUT2D eigenvalue weighted by Crippen LogP contribution is 2.21. The van der Waals surface area contributed by atoms with Crippen LogP contribution in [0.1, 0.15) is 33.0 Å². The number of nitriles is 2. The van der Waals surface area contributed by atoms with E-state index >= 15 is 0 Å². The minimum Gasteiger partial charge on any atom is -0.478 e. The van der Waals surface area contributed by atoms with E-state index < -0.39 is 5.97 Å². The SMILES string of the molecule is N#Cc1ccc(C(C#N)Cc2ccc(C(=O)O)cc2)cc1. The molecule has 2 aromatic rings. The van der Waals surface area contributed by atoms with Gasteiger partial charge in [-0.3, -0.25) is 0 Å². The molecular formula is C17H12N2O2. The van der Waals surface area contributed by atoms with Gasteiger partial charge in [-0.25, -0.2) is 4.79 Å². The van der Waals surface area contributed by atoms with E-state index in [1.807, 2.05) is 6.07 Å². The van der Waals surface area contributed by atoms with Crippen LogP contribution in [0.5, 0.6) is 0 Å². The monoisotopic (exact) mass is 276 g/mol. The Hall–Kier alpha value is -3.11. The van der Waals surface area contributed by atoms with Crippen molar-refractivity contribution in [3.63, 3.8) is 0 Å². The summed E-state index contributed by atoms with van der Waals surface area (Å²) in [4.78, 5) is 10.8. The van der Waals surface area contributed by atoms with Gasteiger partial charge in [-0.05, 0) is 41.8 Å². The number of benzene rings is 2. The normalized spacial score (nSPS) is 11.1. The van der Waals surface area contributed by atoms with Gasteiger partial charge in [0.1, 0.15) is 0 Å². The number of nitrogens with zero attached hydrogens (tertiary/aromatic N) is 2. The van der Waals surface area contributed by atoms with Crippen molar-refractivity contribution in [1.82, 2.24) is 0 Å². The van der Waals surface area contributed by atoms with Crippen molar-refractivity contribution in [2.24, 2.45) is 0 Å². The van der Waals surface area contributed by atoms with Crippen molar-refractivity contribution in [2.75, 3.05) is 0 Å². The molecule has 0 aliphatic heterocycles. The van der Waals surface area contributed by atoms with Crippen molar-refractivity contribution in [3.8, 4) is 12.1 Å². The van der Waals surface area contributed by atoms with Gasteiger partial charge in [0.15, 0.2) is 0 Å². The summed E-state index contributed by atoms with van der Waals surface area (Å²) in [5.41, 5.74) is 2.53. The van der Waals surface area contributed by atoms with Crippen molar-refractivity contribution in [1.29, 1.82) is 10.5 Å². The first-order chi connectivity index (χ1) is 10.1. The van der Waals surface area contributed by atoms with Gasteiger partial charge in [0.2, 0.25) is 0 Å². The number of aromatic carboxylic acids is 1. The van der Waals surface area contributed by atoms with Crippen LogP contribution in [-0.4, -0.2) is 11.1 Å². The zero-order valence-electron chi connectivity index (χ0n) is 11.2. The number of carboxylic acids is 1. The second kappa shape index (κ2) is 6.36. The molecule has 21 heavy (non-hydrogen) atoms. The average Bonchev–Trinajstić information content (AvgIpc) is 2.53. The van der Waals surface area contributed by atoms with Gasteiger partial charge in [-0.2, -0.15) is 10.5 Å². The lowest BCUT2D eigenvalue weighted by atomic mass is 9.92. The number of carbonyl (C=O) groups is 1. The topological polar surface area (TPSA) is 84.9 Å². The summed E-state index contributed by atoms with van der Waals surface area (Å²) >= 11 is 0. The maximum absolute atomic E-state index is 10.8. The van der Waals surface area contributed by atoms with Crippen molar-refractivity contribution in [2.45, 2.75) is 12.3 Å². The molecule has 0 aromatic heterocycles. The Balaban J connectivity index is 2.17. The molecule has 0 aliphatic carbocycles. The summed E-state index contributed by atoms with van der Waals surface area (Å²) in [5, 5.41) is 26.9. The average molecular weight is 276 g/mol. The highest BCUT2D eigenvalue weighted by Gasteiger charge is 2.12. The van der Waals surface area contributed by atoms with E-state index in [9.17, 15) is 10.1 Å². The van der Waals surface area contributed by atoms with E-state index in [-0.39, 0.29) is 11.5 Å². The molecule has 4 nitrogen and oxygen atoms in total. The van der Waals surface area contributed by atoms with Crippen LogP contribution >= 0.6 is 0 Å². The van der Waals surface area contributed by atoms with Crippen LogP contribution in [0.2, 0.25) is 0 Å². The predicted molar refractivity (Wildman–Crippen MR) is 76.6 cm³/mol. The fraction of sp³-hybridized carbons (Fsp3) is 0.118. The molecule has 0 heterocycles. The van der Waals surface area contributed by atoms with Crippen LogP contribution in [0.3, 0.4) is 0 Å². The zero-order valence-corrected chi connectivity index (χ0v) is 11.2. The zero-order chi connectivity index (χ0) is 15.2. The van der Waals surface area contributed by atoms with E-state index in [4.69, 9.17) is 10.4 Å². The van der Waals surface area contributed by atoms with Crippen LogP contribution in [0.4, 0.5) is 0 Å². The van der Waals surface area contributed by atoms with Gasteiger partial charge in [0.25, 0.3) is 0 Å². The van der Waals surface area contributed by atoms with Gasteiger partial charge in [-0.1, -0.05) is 24.3 Å². The van der Waals surface area contributed by atoms with Crippen molar-refractivity contribution < 1.29 is 9.90 Å². The lowest BCUT2D eigenvalue weighted by Crippen LogP contribution is -2.02. The van der Waals surface area contributed by atoms with E-state index in [1.54, 1.807) is 36.4 Å². The third-order valence-corrected chi connectivity index (χ3v) is 3.24. The lowest BCUT2D eigenvalue weighted by molar-refractivity contribution is 0.0697. The summed E-state index contributed by atoms with van der Waals surface area (Å²) in [6.45, 7) is 0. The molecule has 102 valence electrons. The Morgan fingerprint density at radius 2 is 1.67 bits per heavy atom. The Morgan fingerprint density at radius 1 is 1.05 bits per heavy atom. The molecule has 4 heteroatoms. The first-order valence-electron chi connectivity index (χ1n) is 6.36. The quantitative estimate of drug-likeness (QED) is 0.929. The molecule has 2 rings (SSSR count). The van der Waals surface area contributed by atoms with Crippen LogP contribution in [0, 0.1) is 22.7 Å². The van der Waals surface area contributed by atoms with Gasteiger partial charge in [-0.15, -0.1) is 0 Å². The van der Waals surface area contributed by atoms with Gasteiger partial charge in [0.05, 0.1) is 29.2 Å². The summed E-state index contributed by atoms with van der Waals surface area (Å²) < 4.78 is 0. The largest absolute Gasteiger partial charge is 0.478 e. The smallest absolute Gasteiger partial charge is 0.335 e. The van der Waals surface area contributed by atoms with Crippen LogP contribution in [0.25, 0.3) is 0 Å². The van der Waals surface area contributed by atoms with Crippen LogP contribution in [0.15, 0.2) is 48.5 Å². The standard InChI is InChI=1S/C17H12N2O2/c18-10-13-3-5-14(6-4-13)16(11-19)9-12-1-7-15(8-2-12)17(20)21/h1-8,16H,9H2,(H,20,21). The molecule has 0 bridgehead atoms. The Bertz CT molecular complexity index is 719. The minimum absolute atomic E-state index is 0.227. The highest BCUT2D eigenvalue weighted by atomic mass is 16.4. The van der Waals surface area contributed by atoms with E-state index in [0.717, 1.165) is 11.1 Å². The molecule has 0 spiro atoms. The molecule has 0 saturated heterocycles.